The quantitative estimate of drug-likeness (QED) is 0.276. The molecule has 2 heteroatoms. The highest BCUT2D eigenvalue weighted by atomic mass is 16.3. The lowest BCUT2D eigenvalue weighted by Gasteiger charge is -2.21. The summed E-state index contributed by atoms with van der Waals surface area (Å²) < 4.78 is 17.8. The van der Waals surface area contributed by atoms with Crippen LogP contribution in [-0.2, 0) is 7.05 Å². The molecule has 0 spiro atoms. The molecule has 1 saturated carbocycles. The van der Waals surface area contributed by atoms with Gasteiger partial charge in [0.2, 0.25) is 5.69 Å². The average Bonchev–Trinajstić information content (AvgIpc) is 3.16. The third-order valence-corrected chi connectivity index (χ3v) is 6.99. The third-order valence-electron chi connectivity index (χ3n) is 6.99. The van der Waals surface area contributed by atoms with Crippen molar-refractivity contribution in [3.63, 3.8) is 0 Å². The van der Waals surface area contributed by atoms with Crippen LogP contribution >= 0.6 is 0 Å². The van der Waals surface area contributed by atoms with Gasteiger partial charge in [0, 0.05) is 24.3 Å². The average molecular weight is 408 g/mol. The Bertz CT molecular complexity index is 1490. The number of hydrogen-bond acceptors (Lipinski definition) is 1. The number of hydrogen-bond donors (Lipinski definition) is 0. The molecule has 1 aliphatic carbocycles. The lowest BCUT2D eigenvalue weighted by molar-refractivity contribution is -0.660. The number of rotatable bonds is 2. The van der Waals surface area contributed by atoms with Gasteiger partial charge in [-0.05, 0) is 59.7 Å². The van der Waals surface area contributed by atoms with E-state index >= 15 is 0 Å². The summed E-state index contributed by atoms with van der Waals surface area (Å²) in [4.78, 5) is 0. The van der Waals surface area contributed by atoms with Crippen molar-refractivity contribution in [3.8, 4) is 11.3 Å². The first-order chi connectivity index (χ1) is 15.5. The van der Waals surface area contributed by atoms with Crippen molar-refractivity contribution in [3.05, 3.63) is 78.0 Å². The summed E-state index contributed by atoms with van der Waals surface area (Å²) in [7, 11) is 2.09. The van der Waals surface area contributed by atoms with Gasteiger partial charge >= 0.3 is 0 Å². The van der Waals surface area contributed by atoms with E-state index in [9.17, 15) is 0 Å². The molecule has 6 rings (SSSR count). The van der Waals surface area contributed by atoms with Gasteiger partial charge in [-0.15, -0.1) is 0 Å². The summed E-state index contributed by atoms with van der Waals surface area (Å²) in [5.74, 6) is -0.478. The molecule has 31 heavy (non-hydrogen) atoms. The lowest BCUT2D eigenvalue weighted by atomic mass is 9.84. The van der Waals surface area contributed by atoms with Gasteiger partial charge in [0.05, 0.1) is 5.56 Å². The van der Waals surface area contributed by atoms with E-state index in [0.717, 1.165) is 64.4 Å². The summed E-state index contributed by atoms with van der Waals surface area (Å²) in [6, 6.07) is 21.6. The van der Waals surface area contributed by atoms with Crippen molar-refractivity contribution in [1.82, 2.24) is 0 Å². The molecule has 0 amide bonds. The Morgan fingerprint density at radius 3 is 2.48 bits per heavy atom. The topological polar surface area (TPSA) is 17.0 Å². The van der Waals surface area contributed by atoms with Crippen LogP contribution in [0.3, 0.4) is 0 Å². The van der Waals surface area contributed by atoms with Crippen LogP contribution in [0.1, 0.15) is 50.5 Å². The first-order valence-corrected chi connectivity index (χ1v) is 11.4. The molecular weight excluding hydrogens is 378 g/mol. The minimum absolute atomic E-state index is 0.478. The van der Waals surface area contributed by atoms with Crippen molar-refractivity contribution in [2.75, 3.05) is 0 Å². The smallest absolute Gasteiger partial charge is 0.216 e. The van der Waals surface area contributed by atoms with Crippen molar-refractivity contribution in [1.29, 1.82) is 0 Å². The molecule has 0 atom stereocenters. The van der Waals surface area contributed by atoms with E-state index in [2.05, 4.69) is 85.4 Å². The fourth-order valence-electron chi connectivity index (χ4n) is 5.25. The van der Waals surface area contributed by atoms with Gasteiger partial charge in [-0.25, -0.2) is 4.57 Å². The Morgan fingerprint density at radius 2 is 1.68 bits per heavy atom. The van der Waals surface area contributed by atoms with Gasteiger partial charge in [-0.1, -0.05) is 55.7 Å². The van der Waals surface area contributed by atoms with Crippen LogP contribution in [0, 0.1) is 6.92 Å². The Kier molecular flexibility index (Phi) is 4.09. The van der Waals surface area contributed by atoms with Crippen LogP contribution in [0.25, 0.3) is 44.0 Å². The summed E-state index contributed by atoms with van der Waals surface area (Å²) >= 11 is 0. The van der Waals surface area contributed by atoms with Crippen LogP contribution in [-0.4, -0.2) is 0 Å². The molecule has 1 fully saturated rings. The third kappa shape index (κ3) is 3.05. The van der Waals surface area contributed by atoms with E-state index in [0.29, 0.717) is 0 Å². The summed E-state index contributed by atoms with van der Waals surface area (Å²) in [6.07, 6.45) is 7.54. The summed E-state index contributed by atoms with van der Waals surface area (Å²) in [5.41, 5.74) is 6.43. The number of nitrogens with zero attached hydrogens (tertiary/aromatic N) is 1. The first kappa shape index (κ1) is 17.5. The Labute approximate surface area is 184 Å². The molecule has 0 radical (unpaired) electrons. The van der Waals surface area contributed by atoms with Crippen LogP contribution in [0.5, 0.6) is 0 Å². The molecule has 0 unspecified atom stereocenters. The zero-order chi connectivity index (χ0) is 21.9. The number of pyridine rings is 1. The zero-order valence-corrected chi connectivity index (χ0v) is 18.2. The standard InChI is InChI=1S/C29H28NO/c1-19-12-13-24-25-16-21-10-6-7-11-22(21)18-27(25)31-29(24)28(19)26-17-23(14-15-30(26)2)20-8-4-3-5-9-20/h6-7,10-18,20H,3-5,8-9H2,1-2H3/q+1/i20D. The number of benzene rings is 3. The fourth-order valence-corrected chi connectivity index (χ4v) is 5.25. The van der Waals surface area contributed by atoms with E-state index in [1.54, 1.807) is 0 Å². The lowest BCUT2D eigenvalue weighted by Crippen LogP contribution is -2.31. The minimum atomic E-state index is -0.478. The Hall–Kier alpha value is -3.13. The normalized spacial score (nSPS) is 16.8. The summed E-state index contributed by atoms with van der Waals surface area (Å²) in [5, 5.41) is 4.72. The molecule has 2 heterocycles. The van der Waals surface area contributed by atoms with Gasteiger partial charge in [0.15, 0.2) is 6.20 Å². The SMILES string of the molecule is [2H]C1(c2cc[n+](C)c(-c3c(C)ccc4c3oc3cc5ccccc5cc34)c2)CCCCC1. The molecule has 0 aliphatic heterocycles. The largest absolute Gasteiger partial charge is 0.455 e. The van der Waals surface area contributed by atoms with E-state index in [1.165, 1.54) is 22.8 Å². The van der Waals surface area contributed by atoms with Crippen molar-refractivity contribution >= 4 is 32.7 Å². The number of aromatic nitrogens is 1. The second-order valence-electron chi connectivity index (χ2n) is 9.01. The molecule has 2 nitrogen and oxygen atoms in total. The fraction of sp³-hybridized carbons (Fsp3) is 0.276. The van der Waals surface area contributed by atoms with Crippen LogP contribution in [0.4, 0.5) is 0 Å². The minimum Gasteiger partial charge on any atom is -0.455 e. The zero-order valence-electron chi connectivity index (χ0n) is 19.2. The van der Waals surface area contributed by atoms with Gasteiger partial charge in [0.25, 0.3) is 0 Å². The van der Waals surface area contributed by atoms with E-state index in [4.69, 9.17) is 5.79 Å². The molecule has 0 saturated heterocycles. The predicted octanol–water partition coefficient (Wildman–Crippen LogP) is 7.59. The molecule has 2 aromatic heterocycles. The molecule has 0 bridgehead atoms. The highest BCUT2D eigenvalue weighted by molar-refractivity contribution is 6.13. The Morgan fingerprint density at radius 1 is 0.903 bits per heavy atom. The Balaban J connectivity index is 1.61. The van der Waals surface area contributed by atoms with Gasteiger partial charge in [0.1, 0.15) is 18.2 Å². The maximum absolute atomic E-state index is 9.15. The first-order valence-electron chi connectivity index (χ1n) is 11.9. The van der Waals surface area contributed by atoms with Crippen molar-refractivity contribution < 1.29 is 10.4 Å². The molecule has 154 valence electrons. The van der Waals surface area contributed by atoms with E-state index in [-0.39, 0.29) is 0 Å². The second-order valence-corrected chi connectivity index (χ2v) is 9.01. The molecule has 0 N–H and O–H groups in total. The maximum Gasteiger partial charge on any atom is 0.216 e. The summed E-state index contributed by atoms with van der Waals surface area (Å²) in [6.45, 7) is 2.15. The van der Waals surface area contributed by atoms with Crippen molar-refractivity contribution in [2.45, 2.75) is 44.9 Å². The highest BCUT2D eigenvalue weighted by Gasteiger charge is 2.24. The number of fused-ring (bicyclic) bond motifs is 4. The van der Waals surface area contributed by atoms with Crippen molar-refractivity contribution in [2.24, 2.45) is 7.05 Å². The maximum atomic E-state index is 9.15. The van der Waals surface area contributed by atoms with E-state index in [1.807, 2.05) is 0 Å². The van der Waals surface area contributed by atoms with Crippen LogP contribution < -0.4 is 4.57 Å². The predicted molar refractivity (Wildman–Crippen MR) is 128 cm³/mol. The molecule has 3 aromatic carbocycles. The van der Waals surface area contributed by atoms with Crippen LogP contribution in [0.2, 0.25) is 0 Å². The number of furan rings is 1. The molecular formula is C29H28NO+. The highest BCUT2D eigenvalue weighted by Crippen LogP contribution is 2.40. The van der Waals surface area contributed by atoms with Gasteiger partial charge < -0.3 is 4.42 Å². The molecule has 5 aromatic rings. The van der Waals surface area contributed by atoms with Crippen LogP contribution in [0.15, 0.2) is 71.3 Å². The monoisotopic (exact) mass is 407 g/mol. The van der Waals surface area contributed by atoms with Gasteiger partial charge in [-0.3, -0.25) is 0 Å². The second kappa shape index (κ2) is 7.23. The van der Waals surface area contributed by atoms with Gasteiger partial charge in [-0.2, -0.15) is 0 Å². The van der Waals surface area contributed by atoms with E-state index < -0.39 is 5.89 Å². The number of aryl methyl sites for hydroxylation is 2. The molecule has 1 aliphatic rings.